The summed E-state index contributed by atoms with van der Waals surface area (Å²) in [5.41, 5.74) is 2.47. The number of aryl methyl sites for hydroxylation is 2. The second-order valence-corrected chi connectivity index (χ2v) is 6.57. The number of nitrogens with zero attached hydrogens (tertiary/aromatic N) is 3. The largest absolute Gasteiger partial charge is 0.393 e. The topological polar surface area (TPSA) is 58.4 Å². The Morgan fingerprint density at radius 1 is 1.36 bits per heavy atom. The van der Waals surface area contributed by atoms with Crippen LogP contribution >= 0.6 is 0 Å². The Balaban J connectivity index is 2.10. The Labute approximate surface area is 133 Å². The third kappa shape index (κ3) is 3.51. The van der Waals surface area contributed by atoms with E-state index in [9.17, 15) is 9.90 Å². The lowest BCUT2D eigenvalue weighted by molar-refractivity contribution is 0.0450. The maximum absolute atomic E-state index is 12.8. The number of carbonyl (C=O) groups is 1. The van der Waals surface area contributed by atoms with E-state index in [1.165, 1.54) is 0 Å². The molecule has 1 amide bonds. The van der Waals surface area contributed by atoms with Crippen molar-refractivity contribution in [1.29, 1.82) is 0 Å². The predicted molar refractivity (Wildman–Crippen MR) is 86.9 cm³/mol. The molecule has 1 aromatic heterocycles. The molecule has 22 heavy (non-hydrogen) atoms. The van der Waals surface area contributed by atoms with Crippen molar-refractivity contribution < 1.29 is 9.90 Å². The molecule has 0 radical (unpaired) electrons. The van der Waals surface area contributed by atoms with Crippen LogP contribution in [-0.4, -0.2) is 45.4 Å². The highest BCUT2D eigenvalue weighted by atomic mass is 16.3. The van der Waals surface area contributed by atoms with Crippen molar-refractivity contribution >= 4 is 5.91 Å². The third-order valence-corrected chi connectivity index (χ3v) is 4.75. The Bertz CT molecular complexity index is 524. The summed E-state index contributed by atoms with van der Waals surface area (Å²) >= 11 is 0. The molecule has 5 nitrogen and oxygen atoms in total. The number of hydrogen-bond acceptors (Lipinski definition) is 3. The van der Waals surface area contributed by atoms with E-state index in [0.717, 1.165) is 55.6 Å². The number of aliphatic hydroxyl groups is 1. The highest BCUT2D eigenvalue weighted by Crippen LogP contribution is 2.25. The fourth-order valence-electron chi connectivity index (χ4n) is 3.46. The molecule has 5 heteroatoms. The first kappa shape index (κ1) is 17.0. The molecule has 1 N–H and O–H groups in total. The van der Waals surface area contributed by atoms with Gasteiger partial charge in [0.15, 0.2) is 0 Å². The van der Waals surface area contributed by atoms with Crippen molar-refractivity contribution in [3.63, 3.8) is 0 Å². The summed E-state index contributed by atoms with van der Waals surface area (Å²) in [7, 11) is 1.83. The van der Waals surface area contributed by atoms with E-state index < -0.39 is 0 Å². The van der Waals surface area contributed by atoms with E-state index in [0.29, 0.717) is 6.54 Å². The number of aromatic nitrogens is 2. The standard InChI is InChI=1S/C17H29N3O2/c1-5-10-20-13(3)16(12(2)18-20)17(22)19(4)11-14-8-6-7-9-15(14)21/h14-15,21H,5-11H2,1-4H3. The first-order valence-corrected chi connectivity index (χ1v) is 8.43. The lowest BCUT2D eigenvalue weighted by Crippen LogP contribution is -2.38. The molecular formula is C17H29N3O2. The summed E-state index contributed by atoms with van der Waals surface area (Å²) in [4.78, 5) is 14.5. The lowest BCUT2D eigenvalue weighted by atomic mass is 9.86. The molecule has 0 spiro atoms. The van der Waals surface area contributed by atoms with Crippen LogP contribution in [-0.2, 0) is 6.54 Å². The summed E-state index contributed by atoms with van der Waals surface area (Å²) in [5.74, 6) is 0.226. The van der Waals surface area contributed by atoms with Gasteiger partial charge in [0.1, 0.15) is 0 Å². The maximum Gasteiger partial charge on any atom is 0.257 e. The minimum absolute atomic E-state index is 0.0233. The van der Waals surface area contributed by atoms with Crippen LogP contribution in [0.15, 0.2) is 0 Å². The van der Waals surface area contributed by atoms with Gasteiger partial charge in [0.2, 0.25) is 0 Å². The van der Waals surface area contributed by atoms with E-state index in [1.807, 2.05) is 25.6 Å². The zero-order valence-corrected chi connectivity index (χ0v) is 14.3. The normalized spacial score (nSPS) is 21.9. The third-order valence-electron chi connectivity index (χ3n) is 4.75. The number of carbonyl (C=O) groups excluding carboxylic acids is 1. The molecule has 1 fully saturated rings. The van der Waals surface area contributed by atoms with Gasteiger partial charge in [0.25, 0.3) is 5.91 Å². The van der Waals surface area contributed by atoms with Gasteiger partial charge in [-0.1, -0.05) is 19.8 Å². The second kappa shape index (κ2) is 7.27. The summed E-state index contributed by atoms with van der Waals surface area (Å²) in [6, 6.07) is 0. The first-order chi connectivity index (χ1) is 10.5. The lowest BCUT2D eigenvalue weighted by Gasteiger charge is -2.31. The monoisotopic (exact) mass is 307 g/mol. The van der Waals surface area contributed by atoms with E-state index in [4.69, 9.17) is 0 Å². The van der Waals surface area contributed by atoms with Crippen molar-refractivity contribution in [2.45, 2.75) is 65.5 Å². The van der Waals surface area contributed by atoms with Crippen LogP contribution in [0.25, 0.3) is 0 Å². The molecule has 0 saturated heterocycles. The summed E-state index contributed by atoms with van der Waals surface area (Å²) in [6.07, 6.45) is 4.84. The molecule has 2 rings (SSSR count). The summed E-state index contributed by atoms with van der Waals surface area (Å²) in [6.45, 7) is 7.43. The van der Waals surface area contributed by atoms with Gasteiger partial charge in [-0.3, -0.25) is 9.48 Å². The van der Waals surface area contributed by atoms with Gasteiger partial charge >= 0.3 is 0 Å². The Morgan fingerprint density at radius 2 is 2.05 bits per heavy atom. The molecule has 1 aliphatic rings. The maximum atomic E-state index is 12.8. The van der Waals surface area contributed by atoms with Gasteiger partial charge in [-0.25, -0.2) is 0 Å². The van der Waals surface area contributed by atoms with Crippen molar-refractivity contribution in [2.24, 2.45) is 5.92 Å². The fraction of sp³-hybridized carbons (Fsp3) is 0.765. The zero-order chi connectivity index (χ0) is 16.3. The van der Waals surface area contributed by atoms with E-state index in [-0.39, 0.29) is 17.9 Å². The fourth-order valence-corrected chi connectivity index (χ4v) is 3.46. The molecule has 0 aromatic carbocycles. The van der Waals surface area contributed by atoms with Crippen molar-refractivity contribution in [2.75, 3.05) is 13.6 Å². The zero-order valence-electron chi connectivity index (χ0n) is 14.3. The highest BCUT2D eigenvalue weighted by Gasteiger charge is 2.28. The van der Waals surface area contributed by atoms with Crippen LogP contribution in [0.5, 0.6) is 0 Å². The van der Waals surface area contributed by atoms with Crippen molar-refractivity contribution in [1.82, 2.24) is 14.7 Å². The summed E-state index contributed by atoms with van der Waals surface area (Å²) in [5, 5.41) is 14.6. The Hall–Kier alpha value is -1.36. The van der Waals surface area contributed by atoms with Crippen LogP contribution in [0, 0.1) is 19.8 Å². The molecule has 2 atom stereocenters. The number of amides is 1. The molecule has 0 aliphatic heterocycles. The number of rotatable bonds is 5. The SMILES string of the molecule is CCCn1nc(C)c(C(=O)N(C)CC2CCCCC2O)c1C. The smallest absolute Gasteiger partial charge is 0.257 e. The minimum atomic E-state index is -0.269. The van der Waals surface area contributed by atoms with E-state index >= 15 is 0 Å². The number of hydrogen-bond donors (Lipinski definition) is 1. The van der Waals surface area contributed by atoms with E-state index in [1.54, 1.807) is 4.90 Å². The molecule has 124 valence electrons. The van der Waals surface area contributed by atoms with Gasteiger partial charge in [0.05, 0.1) is 17.4 Å². The van der Waals surface area contributed by atoms with Crippen LogP contribution in [0.2, 0.25) is 0 Å². The van der Waals surface area contributed by atoms with Crippen LogP contribution < -0.4 is 0 Å². The van der Waals surface area contributed by atoms with Gasteiger partial charge in [-0.2, -0.15) is 5.10 Å². The minimum Gasteiger partial charge on any atom is -0.393 e. The highest BCUT2D eigenvalue weighted by molar-refractivity contribution is 5.96. The molecule has 0 bridgehead atoms. The summed E-state index contributed by atoms with van der Waals surface area (Å²) < 4.78 is 1.92. The molecular weight excluding hydrogens is 278 g/mol. The molecule has 1 saturated carbocycles. The van der Waals surface area contributed by atoms with Gasteiger partial charge < -0.3 is 10.0 Å². The van der Waals surface area contributed by atoms with E-state index in [2.05, 4.69) is 12.0 Å². The van der Waals surface area contributed by atoms with Gasteiger partial charge in [-0.15, -0.1) is 0 Å². The molecule has 1 heterocycles. The van der Waals surface area contributed by atoms with Crippen LogP contribution in [0.1, 0.15) is 60.8 Å². The quantitative estimate of drug-likeness (QED) is 0.909. The average molecular weight is 307 g/mol. The van der Waals surface area contributed by atoms with Gasteiger partial charge in [0, 0.05) is 31.7 Å². The molecule has 1 aliphatic carbocycles. The van der Waals surface area contributed by atoms with Crippen molar-refractivity contribution in [3.05, 3.63) is 17.0 Å². The van der Waals surface area contributed by atoms with Crippen LogP contribution in [0.4, 0.5) is 0 Å². The molecule has 2 unspecified atom stereocenters. The van der Waals surface area contributed by atoms with Gasteiger partial charge in [-0.05, 0) is 33.1 Å². The Kier molecular flexibility index (Phi) is 5.62. The Morgan fingerprint density at radius 3 is 2.68 bits per heavy atom. The predicted octanol–water partition coefficient (Wildman–Crippen LogP) is 2.53. The van der Waals surface area contributed by atoms with Crippen molar-refractivity contribution in [3.8, 4) is 0 Å². The number of aliphatic hydroxyl groups excluding tert-OH is 1. The second-order valence-electron chi connectivity index (χ2n) is 6.57. The molecule has 1 aromatic rings. The van der Waals surface area contributed by atoms with Crippen LogP contribution in [0.3, 0.4) is 0 Å². The average Bonchev–Trinajstić information content (AvgIpc) is 2.75. The first-order valence-electron chi connectivity index (χ1n) is 8.43.